The van der Waals surface area contributed by atoms with Gasteiger partial charge in [0.15, 0.2) is 0 Å². The van der Waals surface area contributed by atoms with E-state index >= 15 is 0 Å². The van der Waals surface area contributed by atoms with Gasteiger partial charge >= 0.3 is 11.9 Å². The maximum absolute atomic E-state index is 11.9. The van der Waals surface area contributed by atoms with Crippen molar-refractivity contribution in [2.75, 3.05) is 14.2 Å². The summed E-state index contributed by atoms with van der Waals surface area (Å²) >= 11 is 0. The van der Waals surface area contributed by atoms with Gasteiger partial charge in [-0.15, -0.1) is 0 Å². The van der Waals surface area contributed by atoms with Gasteiger partial charge in [0.1, 0.15) is 11.5 Å². The lowest BCUT2D eigenvalue weighted by molar-refractivity contribution is 0.0592. The predicted octanol–water partition coefficient (Wildman–Crippen LogP) is 4.27. The van der Waals surface area contributed by atoms with Crippen LogP contribution >= 0.6 is 0 Å². The Labute approximate surface area is 156 Å². The molecule has 2 aromatic carbocycles. The second-order valence-electron chi connectivity index (χ2n) is 5.51. The van der Waals surface area contributed by atoms with Gasteiger partial charge in [0.2, 0.25) is 0 Å². The SMILES string of the molecule is COC(=O)c1ccccc1N=Cc1ccc(-c2ccccc2C(=O)OC)o1. The summed E-state index contributed by atoms with van der Waals surface area (Å²) in [5, 5.41) is 0. The molecular weight excluding hydrogens is 346 g/mol. The van der Waals surface area contributed by atoms with Crippen LogP contribution in [0.1, 0.15) is 26.5 Å². The standard InChI is InChI=1S/C21H17NO5/c1-25-20(23)16-8-4-3-7-15(16)19-12-11-14(27-19)13-22-18-10-6-5-9-17(18)21(24)26-2/h3-13H,1-2H3. The minimum Gasteiger partial charge on any atom is -0.465 e. The first-order valence-corrected chi connectivity index (χ1v) is 8.13. The van der Waals surface area contributed by atoms with Crippen molar-refractivity contribution in [1.29, 1.82) is 0 Å². The molecule has 136 valence electrons. The van der Waals surface area contributed by atoms with Gasteiger partial charge in [0.05, 0.1) is 37.2 Å². The van der Waals surface area contributed by atoms with E-state index in [1.54, 1.807) is 54.6 Å². The number of carbonyl (C=O) groups is 2. The van der Waals surface area contributed by atoms with Crippen LogP contribution in [0.25, 0.3) is 11.3 Å². The number of hydrogen-bond donors (Lipinski definition) is 0. The molecule has 6 nitrogen and oxygen atoms in total. The Bertz CT molecular complexity index is 1000. The fourth-order valence-corrected chi connectivity index (χ4v) is 2.55. The van der Waals surface area contributed by atoms with Gasteiger partial charge in [0.25, 0.3) is 0 Å². The second-order valence-corrected chi connectivity index (χ2v) is 5.51. The van der Waals surface area contributed by atoms with Crippen LogP contribution < -0.4 is 0 Å². The molecule has 3 rings (SSSR count). The quantitative estimate of drug-likeness (QED) is 0.500. The number of aliphatic imine (C=N–C) groups is 1. The molecule has 27 heavy (non-hydrogen) atoms. The van der Waals surface area contributed by atoms with Crippen molar-refractivity contribution < 1.29 is 23.5 Å². The van der Waals surface area contributed by atoms with Gasteiger partial charge < -0.3 is 13.9 Å². The third kappa shape index (κ3) is 3.95. The van der Waals surface area contributed by atoms with Gasteiger partial charge in [-0.2, -0.15) is 0 Å². The van der Waals surface area contributed by atoms with Gasteiger partial charge in [-0.3, -0.25) is 4.99 Å². The van der Waals surface area contributed by atoms with Gasteiger partial charge in [-0.25, -0.2) is 9.59 Å². The van der Waals surface area contributed by atoms with Crippen molar-refractivity contribution in [2.45, 2.75) is 0 Å². The molecule has 6 heteroatoms. The first kappa shape index (κ1) is 18.1. The third-order valence-corrected chi connectivity index (χ3v) is 3.86. The molecule has 0 N–H and O–H groups in total. The summed E-state index contributed by atoms with van der Waals surface area (Å²) in [5.74, 6) is 0.0853. The van der Waals surface area contributed by atoms with Crippen molar-refractivity contribution in [3.8, 4) is 11.3 Å². The highest BCUT2D eigenvalue weighted by Gasteiger charge is 2.15. The normalized spacial score (nSPS) is 10.7. The fourth-order valence-electron chi connectivity index (χ4n) is 2.55. The molecule has 0 aliphatic carbocycles. The average Bonchev–Trinajstić information content (AvgIpc) is 3.20. The molecule has 0 radical (unpaired) electrons. The van der Waals surface area contributed by atoms with E-state index in [4.69, 9.17) is 13.9 Å². The number of methoxy groups -OCH3 is 2. The molecule has 3 aromatic rings. The molecule has 0 saturated carbocycles. The highest BCUT2D eigenvalue weighted by molar-refractivity contribution is 5.97. The summed E-state index contributed by atoms with van der Waals surface area (Å²) in [5.41, 5.74) is 1.86. The Morgan fingerprint density at radius 1 is 0.852 bits per heavy atom. The summed E-state index contributed by atoms with van der Waals surface area (Å²) in [4.78, 5) is 28.0. The average molecular weight is 363 g/mol. The number of nitrogens with zero attached hydrogens (tertiary/aromatic N) is 1. The molecule has 0 amide bonds. The number of esters is 2. The highest BCUT2D eigenvalue weighted by atomic mass is 16.5. The Morgan fingerprint density at radius 2 is 1.48 bits per heavy atom. The molecule has 0 fully saturated rings. The van der Waals surface area contributed by atoms with Gasteiger partial charge in [-0.1, -0.05) is 30.3 Å². The Morgan fingerprint density at radius 3 is 2.22 bits per heavy atom. The number of ether oxygens (including phenoxy) is 2. The second kappa shape index (κ2) is 8.14. The molecule has 0 unspecified atom stereocenters. The van der Waals surface area contributed by atoms with Crippen LogP contribution in [-0.2, 0) is 9.47 Å². The number of para-hydroxylation sites is 1. The Balaban J connectivity index is 1.90. The zero-order chi connectivity index (χ0) is 19.2. The monoisotopic (exact) mass is 363 g/mol. The van der Waals surface area contributed by atoms with E-state index in [0.717, 1.165) is 0 Å². The van der Waals surface area contributed by atoms with E-state index in [0.29, 0.717) is 33.9 Å². The molecule has 0 aliphatic rings. The van der Waals surface area contributed by atoms with Crippen molar-refractivity contribution in [1.82, 2.24) is 0 Å². The van der Waals surface area contributed by atoms with E-state index in [1.165, 1.54) is 20.4 Å². The molecule has 0 atom stereocenters. The zero-order valence-electron chi connectivity index (χ0n) is 14.8. The lowest BCUT2D eigenvalue weighted by Gasteiger charge is -2.04. The molecule has 0 saturated heterocycles. The van der Waals surface area contributed by atoms with Crippen molar-refractivity contribution >= 4 is 23.8 Å². The number of furan rings is 1. The maximum atomic E-state index is 11.9. The molecule has 1 heterocycles. The maximum Gasteiger partial charge on any atom is 0.340 e. The van der Waals surface area contributed by atoms with E-state index in [-0.39, 0.29) is 0 Å². The summed E-state index contributed by atoms with van der Waals surface area (Å²) < 4.78 is 15.3. The first-order chi connectivity index (χ1) is 13.1. The van der Waals surface area contributed by atoms with E-state index in [2.05, 4.69) is 4.99 Å². The van der Waals surface area contributed by atoms with Crippen LogP contribution in [0.2, 0.25) is 0 Å². The predicted molar refractivity (Wildman–Crippen MR) is 101 cm³/mol. The third-order valence-electron chi connectivity index (χ3n) is 3.86. The molecule has 0 spiro atoms. The number of rotatable bonds is 5. The smallest absolute Gasteiger partial charge is 0.340 e. The molecule has 1 aromatic heterocycles. The van der Waals surface area contributed by atoms with E-state index in [1.807, 2.05) is 6.07 Å². The van der Waals surface area contributed by atoms with Crippen LogP contribution in [0, 0.1) is 0 Å². The van der Waals surface area contributed by atoms with Crippen molar-refractivity contribution in [2.24, 2.45) is 4.99 Å². The topological polar surface area (TPSA) is 78.1 Å². The highest BCUT2D eigenvalue weighted by Crippen LogP contribution is 2.26. The molecule has 0 bridgehead atoms. The summed E-state index contributed by atoms with van der Waals surface area (Å²) in [6.45, 7) is 0. The van der Waals surface area contributed by atoms with Gasteiger partial charge in [-0.05, 0) is 30.3 Å². The minimum atomic E-state index is -0.463. The molecular formula is C21H17NO5. The summed E-state index contributed by atoms with van der Waals surface area (Å²) in [6, 6.07) is 17.3. The van der Waals surface area contributed by atoms with E-state index in [9.17, 15) is 9.59 Å². The van der Waals surface area contributed by atoms with Crippen molar-refractivity contribution in [3.05, 3.63) is 77.6 Å². The minimum absolute atomic E-state index is 0.360. The summed E-state index contributed by atoms with van der Waals surface area (Å²) in [7, 11) is 2.65. The Hall–Kier alpha value is -3.67. The molecule has 0 aliphatic heterocycles. The summed E-state index contributed by atoms with van der Waals surface area (Å²) in [6.07, 6.45) is 1.51. The number of carbonyl (C=O) groups excluding carboxylic acids is 2. The number of hydrogen-bond acceptors (Lipinski definition) is 6. The lowest BCUT2D eigenvalue weighted by Crippen LogP contribution is -2.02. The fraction of sp³-hybridized carbons (Fsp3) is 0.0952. The van der Waals surface area contributed by atoms with Gasteiger partial charge in [0, 0.05) is 5.56 Å². The van der Waals surface area contributed by atoms with Crippen LogP contribution in [-0.4, -0.2) is 32.4 Å². The van der Waals surface area contributed by atoms with E-state index < -0.39 is 11.9 Å². The number of benzene rings is 2. The first-order valence-electron chi connectivity index (χ1n) is 8.13. The van der Waals surface area contributed by atoms with Crippen LogP contribution in [0.4, 0.5) is 5.69 Å². The van der Waals surface area contributed by atoms with Crippen molar-refractivity contribution in [3.63, 3.8) is 0 Å². The Kier molecular flexibility index (Phi) is 5.47. The van der Waals surface area contributed by atoms with Crippen LogP contribution in [0.3, 0.4) is 0 Å². The largest absolute Gasteiger partial charge is 0.465 e. The zero-order valence-corrected chi connectivity index (χ0v) is 14.8. The lowest BCUT2D eigenvalue weighted by atomic mass is 10.1. The van der Waals surface area contributed by atoms with Crippen LogP contribution in [0.5, 0.6) is 0 Å². The van der Waals surface area contributed by atoms with Crippen LogP contribution in [0.15, 0.2) is 70.1 Å².